The second-order valence-corrected chi connectivity index (χ2v) is 9.85. The highest BCUT2D eigenvalue weighted by molar-refractivity contribution is 7.80. The molecule has 0 radical (unpaired) electrons. The van der Waals surface area contributed by atoms with Gasteiger partial charge in [0, 0.05) is 36.0 Å². The third-order valence-electron chi connectivity index (χ3n) is 6.57. The van der Waals surface area contributed by atoms with Gasteiger partial charge in [0.05, 0.1) is 4.92 Å². The number of anilines is 2. The van der Waals surface area contributed by atoms with Crippen molar-refractivity contribution in [2.45, 2.75) is 33.1 Å². The van der Waals surface area contributed by atoms with Gasteiger partial charge < -0.3 is 14.6 Å². The molecule has 1 amide bonds. The van der Waals surface area contributed by atoms with E-state index in [0.29, 0.717) is 17.3 Å². The Morgan fingerprint density at radius 1 is 1.05 bits per heavy atom. The van der Waals surface area contributed by atoms with E-state index in [-0.39, 0.29) is 16.4 Å². The van der Waals surface area contributed by atoms with Gasteiger partial charge in [0.25, 0.3) is 11.6 Å². The number of thiocarbonyl (C=S) groups is 1. The SMILES string of the molecule is Cc1cc(C)c2oc(-c3ccc(NC(=S)NC(=O)c4ccc(N5CCCCC5)c([N+](=O)[O-])c4)cc3)nc2c1. The van der Waals surface area contributed by atoms with Crippen LogP contribution in [-0.4, -0.2) is 34.0 Å². The molecule has 9 nitrogen and oxygen atoms in total. The number of oxazole rings is 1. The van der Waals surface area contributed by atoms with Crippen molar-refractivity contribution in [2.75, 3.05) is 23.3 Å². The van der Waals surface area contributed by atoms with Gasteiger partial charge >= 0.3 is 0 Å². The lowest BCUT2D eigenvalue weighted by molar-refractivity contribution is -0.384. The van der Waals surface area contributed by atoms with Gasteiger partial charge in [0.15, 0.2) is 10.7 Å². The van der Waals surface area contributed by atoms with Crippen LogP contribution >= 0.6 is 12.2 Å². The van der Waals surface area contributed by atoms with Crippen LogP contribution in [0.4, 0.5) is 17.1 Å². The van der Waals surface area contributed by atoms with Crippen LogP contribution in [0.15, 0.2) is 59.0 Å². The Hall–Kier alpha value is -4.31. The van der Waals surface area contributed by atoms with Gasteiger partial charge in [-0.3, -0.25) is 20.2 Å². The fourth-order valence-electron chi connectivity index (χ4n) is 4.75. The molecule has 0 bridgehead atoms. The number of fused-ring (bicyclic) bond motifs is 1. The van der Waals surface area contributed by atoms with E-state index in [1.54, 1.807) is 24.3 Å². The van der Waals surface area contributed by atoms with Crippen molar-refractivity contribution in [1.82, 2.24) is 10.3 Å². The second-order valence-electron chi connectivity index (χ2n) is 9.44. The first kappa shape index (κ1) is 25.3. The molecule has 1 aromatic heterocycles. The first-order chi connectivity index (χ1) is 18.3. The Kier molecular flexibility index (Phi) is 7.06. The number of nitro benzene ring substituents is 1. The monoisotopic (exact) mass is 529 g/mol. The molecule has 10 heteroatoms. The molecule has 1 fully saturated rings. The number of amides is 1. The number of rotatable bonds is 5. The quantitative estimate of drug-likeness (QED) is 0.180. The van der Waals surface area contributed by atoms with E-state index < -0.39 is 10.8 Å². The molecule has 0 spiro atoms. The lowest BCUT2D eigenvalue weighted by atomic mass is 10.1. The van der Waals surface area contributed by atoms with Crippen LogP contribution in [-0.2, 0) is 0 Å². The van der Waals surface area contributed by atoms with Gasteiger partial charge in [0.1, 0.15) is 11.2 Å². The smallest absolute Gasteiger partial charge is 0.293 e. The number of hydrogen-bond acceptors (Lipinski definition) is 7. The van der Waals surface area contributed by atoms with Crippen molar-refractivity contribution in [2.24, 2.45) is 0 Å². The molecule has 194 valence electrons. The van der Waals surface area contributed by atoms with Crippen LogP contribution < -0.4 is 15.5 Å². The molecule has 1 aliphatic rings. The summed E-state index contributed by atoms with van der Waals surface area (Å²) in [5, 5.41) is 17.4. The topological polar surface area (TPSA) is 114 Å². The summed E-state index contributed by atoms with van der Waals surface area (Å²) in [5.41, 5.74) is 5.82. The Labute approximate surface area is 225 Å². The number of nitrogens with one attached hydrogen (secondary N) is 2. The van der Waals surface area contributed by atoms with Crippen LogP contribution in [0, 0.1) is 24.0 Å². The molecule has 5 rings (SSSR count). The minimum Gasteiger partial charge on any atom is -0.436 e. The number of carbonyl (C=O) groups is 1. The maximum absolute atomic E-state index is 12.8. The lowest BCUT2D eigenvalue weighted by Crippen LogP contribution is -2.34. The molecule has 0 aliphatic carbocycles. The maximum Gasteiger partial charge on any atom is 0.293 e. The normalized spacial score (nSPS) is 13.4. The third-order valence-corrected chi connectivity index (χ3v) is 6.77. The first-order valence-electron chi connectivity index (χ1n) is 12.4. The summed E-state index contributed by atoms with van der Waals surface area (Å²) in [4.78, 5) is 30.7. The number of benzene rings is 3. The highest BCUT2D eigenvalue weighted by Crippen LogP contribution is 2.31. The number of aromatic nitrogens is 1. The number of nitrogens with zero attached hydrogens (tertiary/aromatic N) is 3. The maximum atomic E-state index is 12.8. The minimum atomic E-state index is -0.524. The highest BCUT2D eigenvalue weighted by atomic mass is 32.1. The van der Waals surface area contributed by atoms with E-state index >= 15 is 0 Å². The number of piperidine rings is 1. The Balaban J connectivity index is 1.25. The van der Waals surface area contributed by atoms with Gasteiger partial charge in [-0.05, 0) is 98.9 Å². The standard InChI is InChI=1S/C28H27N5O4S/c1-17-14-18(2)25-22(15-17)30-27(37-25)19-6-9-21(10-7-19)29-28(38)31-26(34)20-8-11-23(24(16-20)33(35)36)32-12-4-3-5-13-32/h6-11,14-16H,3-5,12-13H2,1-2H3,(H2,29,31,34,38). The number of hydrogen-bond donors (Lipinski definition) is 2. The molecule has 2 N–H and O–H groups in total. The van der Waals surface area contributed by atoms with Crippen LogP contribution in [0.5, 0.6) is 0 Å². The lowest BCUT2D eigenvalue weighted by Gasteiger charge is -2.28. The molecular weight excluding hydrogens is 502 g/mol. The van der Waals surface area contributed by atoms with E-state index in [9.17, 15) is 14.9 Å². The van der Waals surface area contributed by atoms with Gasteiger partial charge in [-0.2, -0.15) is 0 Å². The molecule has 3 aromatic carbocycles. The van der Waals surface area contributed by atoms with Crippen molar-refractivity contribution in [3.05, 3.63) is 81.4 Å². The zero-order chi connectivity index (χ0) is 26.8. The molecule has 0 unspecified atom stereocenters. The fourth-order valence-corrected chi connectivity index (χ4v) is 4.96. The molecule has 1 saturated heterocycles. The summed E-state index contributed by atoms with van der Waals surface area (Å²) in [5.74, 6) is -0.00437. The number of nitro groups is 1. The van der Waals surface area contributed by atoms with Crippen molar-refractivity contribution < 1.29 is 14.1 Å². The van der Waals surface area contributed by atoms with Crippen molar-refractivity contribution >= 4 is 51.4 Å². The fraction of sp³-hybridized carbons (Fsp3) is 0.250. The minimum absolute atomic E-state index is 0.0819. The first-order valence-corrected chi connectivity index (χ1v) is 12.8. The number of aryl methyl sites for hydroxylation is 2. The Morgan fingerprint density at radius 3 is 2.50 bits per heavy atom. The summed E-state index contributed by atoms with van der Waals surface area (Å²) in [6.07, 6.45) is 3.11. The summed E-state index contributed by atoms with van der Waals surface area (Å²) < 4.78 is 5.97. The predicted molar refractivity (Wildman–Crippen MR) is 152 cm³/mol. The Bertz CT molecular complexity index is 1540. The zero-order valence-corrected chi connectivity index (χ0v) is 21.9. The van der Waals surface area contributed by atoms with Crippen molar-refractivity contribution in [3.63, 3.8) is 0 Å². The average molecular weight is 530 g/mol. The van der Waals surface area contributed by atoms with Crippen molar-refractivity contribution in [1.29, 1.82) is 0 Å². The average Bonchev–Trinajstić information content (AvgIpc) is 3.33. The molecule has 2 heterocycles. The van der Waals surface area contributed by atoms with Crippen LogP contribution in [0.1, 0.15) is 40.7 Å². The van der Waals surface area contributed by atoms with E-state index in [4.69, 9.17) is 16.6 Å². The van der Waals surface area contributed by atoms with E-state index in [1.165, 1.54) is 6.07 Å². The van der Waals surface area contributed by atoms with E-state index in [0.717, 1.165) is 60.1 Å². The predicted octanol–water partition coefficient (Wildman–Crippen LogP) is 6.14. The summed E-state index contributed by atoms with van der Waals surface area (Å²) in [6, 6.07) is 15.9. The van der Waals surface area contributed by atoms with Gasteiger partial charge in [-0.1, -0.05) is 6.07 Å². The number of carbonyl (C=O) groups excluding carboxylic acids is 1. The molecule has 4 aromatic rings. The van der Waals surface area contributed by atoms with E-state index in [2.05, 4.69) is 21.7 Å². The summed E-state index contributed by atoms with van der Waals surface area (Å²) in [7, 11) is 0. The van der Waals surface area contributed by atoms with Crippen LogP contribution in [0.3, 0.4) is 0 Å². The Morgan fingerprint density at radius 2 is 1.79 bits per heavy atom. The molecule has 0 saturated carbocycles. The van der Waals surface area contributed by atoms with Crippen molar-refractivity contribution in [3.8, 4) is 11.5 Å². The van der Waals surface area contributed by atoms with Gasteiger partial charge in [-0.15, -0.1) is 0 Å². The van der Waals surface area contributed by atoms with Crippen LogP contribution in [0.25, 0.3) is 22.6 Å². The van der Waals surface area contributed by atoms with Gasteiger partial charge in [-0.25, -0.2) is 4.98 Å². The third kappa shape index (κ3) is 5.35. The largest absolute Gasteiger partial charge is 0.436 e. The molecular formula is C28H27N5O4S. The summed E-state index contributed by atoms with van der Waals surface area (Å²) in [6.45, 7) is 5.55. The van der Waals surface area contributed by atoms with E-state index in [1.807, 2.05) is 36.9 Å². The van der Waals surface area contributed by atoms with Crippen LogP contribution in [0.2, 0.25) is 0 Å². The molecule has 38 heavy (non-hydrogen) atoms. The summed E-state index contributed by atoms with van der Waals surface area (Å²) >= 11 is 5.31. The second kappa shape index (κ2) is 10.6. The molecule has 0 atom stereocenters. The highest BCUT2D eigenvalue weighted by Gasteiger charge is 2.23. The zero-order valence-electron chi connectivity index (χ0n) is 21.1. The van der Waals surface area contributed by atoms with Gasteiger partial charge in [0.2, 0.25) is 5.89 Å². The molecule has 1 aliphatic heterocycles.